The second-order valence-corrected chi connectivity index (χ2v) is 6.82. The predicted octanol–water partition coefficient (Wildman–Crippen LogP) is 3.33. The summed E-state index contributed by atoms with van der Waals surface area (Å²) < 4.78 is 5.24. The Balaban J connectivity index is 1.95. The molecule has 1 N–H and O–H groups in total. The number of amides is 1. The summed E-state index contributed by atoms with van der Waals surface area (Å²) in [5.41, 5.74) is 2.13. The van der Waals surface area contributed by atoms with Gasteiger partial charge in [0.1, 0.15) is 22.7 Å². The lowest BCUT2D eigenvalue weighted by Gasteiger charge is -2.19. The first-order chi connectivity index (χ1) is 12.6. The molecule has 7 heteroatoms. The second kappa shape index (κ2) is 8.14. The van der Waals surface area contributed by atoms with Gasteiger partial charge in [-0.2, -0.15) is 0 Å². The predicted molar refractivity (Wildman–Crippen MR) is 106 cm³/mol. The average molecular weight is 370 g/mol. The van der Waals surface area contributed by atoms with Gasteiger partial charge in [-0.15, -0.1) is 11.3 Å². The zero-order valence-electron chi connectivity index (χ0n) is 15.2. The number of aromatic nitrogens is 2. The monoisotopic (exact) mass is 370 g/mol. The van der Waals surface area contributed by atoms with Crippen LogP contribution in [-0.4, -0.2) is 43.1 Å². The molecule has 1 amide bonds. The van der Waals surface area contributed by atoms with Gasteiger partial charge in [0.2, 0.25) is 5.91 Å². The minimum atomic E-state index is -0.0117. The zero-order chi connectivity index (χ0) is 18.5. The van der Waals surface area contributed by atoms with Crippen LogP contribution in [-0.2, 0) is 4.79 Å². The van der Waals surface area contributed by atoms with E-state index in [1.165, 1.54) is 0 Å². The van der Waals surface area contributed by atoms with Crippen molar-refractivity contribution in [3.05, 3.63) is 36.0 Å². The van der Waals surface area contributed by atoms with Crippen LogP contribution in [0, 0.1) is 0 Å². The van der Waals surface area contributed by atoms with Crippen molar-refractivity contribution >= 4 is 33.3 Å². The number of rotatable bonds is 7. The number of nitrogens with zero attached hydrogens (tertiary/aromatic N) is 3. The van der Waals surface area contributed by atoms with E-state index in [1.807, 2.05) is 43.1 Å². The van der Waals surface area contributed by atoms with Gasteiger partial charge in [0, 0.05) is 24.5 Å². The molecule has 136 valence electrons. The normalized spacial score (nSPS) is 10.7. The average Bonchev–Trinajstić information content (AvgIpc) is 3.10. The van der Waals surface area contributed by atoms with E-state index in [0.29, 0.717) is 6.54 Å². The Bertz CT molecular complexity index is 892. The van der Waals surface area contributed by atoms with Gasteiger partial charge in [-0.25, -0.2) is 9.97 Å². The number of hydrogen-bond donors (Lipinski definition) is 1. The van der Waals surface area contributed by atoms with Gasteiger partial charge in [-0.3, -0.25) is 4.79 Å². The molecule has 1 aromatic carbocycles. The maximum absolute atomic E-state index is 12.1. The highest BCUT2D eigenvalue weighted by Crippen LogP contribution is 2.37. The van der Waals surface area contributed by atoms with Crippen LogP contribution in [0.25, 0.3) is 21.3 Å². The highest BCUT2D eigenvalue weighted by molar-refractivity contribution is 7.17. The van der Waals surface area contributed by atoms with Crippen LogP contribution >= 0.6 is 11.3 Å². The molecule has 3 rings (SSSR count). The van der Waals surface area contributed by atoms with Crippen molar-refractivity contribution in [3.63, 3.8) is 0 Å². The Kier molecular flexibility index (Phi) is 5.68. The molecule has 0 aliphatic carbocycles. The topological polar surface area (TPSA) is 67.4 Å². The lowest BCUT2D eigenvalue weighted by Crippen LogP contribution is -2.35. The second-order valence-electron chi connectivity index (χ2n) is 5.96. The molecule has 26 heavy (non-hydrogen) atoms. The summed E-state index contributed by atoms with van der Waals surface area (Å²) >= 11 is 1.57. The first kappa shape index (κ1) is 18.1. The standard InChI is InChI=1S/C19H22N4O2S/c1-4-9-20-16(24)10-23(2)18-17-15(11-26-19(17)22-12-21-18)13-5-7-14(25-3)8-6-13/h5-8,11-12H,4,9-10H2,1-3H3,(H,20,24). The number of thiophene rings is 1. The number of anilines is 1. The fourth-order valence-electron chi connectivity index (χ4n) is 2.74. The summed E-state index contributed by atoms with van der Waals surface area (Å²) in [6.45, 7) is 2.97. The number of benzene rings is 1. The lowest BCUT2D eigenvalue weighted by atomic mass is 10.1. The van der Waals surface area contributed by atoms with Crippen molar-refractivity contribution in [3.8, 4) is 16.9 Å². The van der Waals surface area contributed by atoms with E-state index in [2.05, 4.69) is 20.7 Å². The van der Waals surface area contributed by atoms with Crippen LogP contribution in [0.4, 0.5) is 5.82 Å². The van der Waals surface area contributed by atoms with Crippen molar-refractivity contribution in [1.29, 1.82) is 0 Å². The van der Waals surface area contributed by atoms with Crippen LogP contribution in [0.1, 0.15) is 13.3 Å². The fraction of sp³-hybridized carbons (Fsp3) is 0.316. The largest absolute Gasteiger partial charge is 0.497 e. The quantitative estimate of drug-likeness (QED) is 0.691. The van der Waals surface area contributed by atoms with E-state index in [1.54, 1.807) is 24.8 Å². The number of carbonyl (C=O) groups is 1. The Morgan fingerprint density at radius 1 is 1.27 bits per heavy atom. The summed E-state index contributed by atoms with van der Waals surface area (Å²) in [7, 11) is 3.53. The number of carbonyl (C=O) groups excluding carboxylic acids is 1. The number of methoxy groups -OCH3 is 1. The Morgan fingerprint density at radius 3 is 2.73 bits per heavy atom. The van der Waals surface area contributed by atoms with E-state index in [4.69, 9.17) is 4.74 Å². The Labute approximate surface area is 156 Å². The van der Waals surface area contributed by atoms with Gasteiger partial charge < -0.3 is 15.0 Å². The fourth-order valence-corrected chi connectivity index (χ4v) is 3.65. The molecule has 0 radical (unpaired) electrons. The molecule has 0 spiro atoms. The van der Waals surface area contributed by atoms with Gasteiger partial charge in [0.15, 0.2) is 0 Å². The molecule has 0 atom stereocenters. The molecular formula is C19H22N4O2S. The first-order valence-corrected chi connectivity index (χ1v) is 9.36. The van der Waals surface area contributed by atoms with Crippen molar-refractivity contribution in [2.45, 2.75) is 13.3 Å². The summed E-state index contributed by atoms with van der Waals surface area (Å²) in [6.07, 6.45) is 2.46. The highest BCUT2D eigenvalue weighted by Gasteiger charge is 2.17. The van der Waals surface area contributed by atoms with Gasteiger partial charge in [0.25, 0.3) is 0 Å². The molecule has 6 nitrogen and oxygen atoms in total. The van der Waals surface area contributed by atoms with Crippen molar-refractivity contribution in [2.24, 2.45) is 0 Å². The Hall–Kier alpha value is -2.67. The van der Waals surface area contributed by atoms with Crippen molar-refractivity contribution < 1.29 is 9.53 Å². The van der Waals surface area contributed by atoms with E-state index in [-0.39, 0.29) is 12.5 Å². The summed E-state index contributed by atoms with van der Waals surface area (Å²) in [5.74, 6) is 1.56. The first-order valence-electron chi connectivity index (χ1n) is 8.48. The van der Waals surface area contributed by atoms with Crippen LogP contribution in [0.2, 0.25) is 0 Å². The van der Waals surface area contributed by atoms with E-state index >= 15 is 0 Å². The number of ether oxygens (including phenoxy) is 1. The third-order valence-electron chi connectivity index (χ3n) is 4.07. The third kappa shape index (κ3) is 3.77. The summed E-state index contributed by atoms with van der Waals surface area (Å²) in [6, 6.07) is 7.91. The van der Waals surface area contributed by atoms with Gasteiger partial charge in [-0.1, -0.05) is 19.1 Å². The third-order valence-corrected chi connectivity index (χ3v) is 4.95. The minimum Gasteiger partial charge on any atom is -0.497 e. The van der Waals surface area contributed by atoms with Crippen LogP contribution < -0.4 is 15.0 Å². The van der Waals surface area contributed by atoms with Crippen molar-refractivity contribution in [1.82, 2.24) is 15.3 Å². The summed E-state index contributed by atoms with van der Waals surface area (Å²) in [5, 5.41) is 5.94. The number of likely N-dealkylation sites (N-methyl/N-ethyl adjacent to an activating group) is 1. The molecule has 2 aromatic heterocycles. The molecule has 2 heterocycles. The van der Waals surface area contributed by atoms with Gasteiger partial charge in [0.05, 0.1) is 19.0 Å². The van der Waals surface area contributed by atoms with E-state index in [9.17, 15) is 4.79 Å². The SMILES string of the molecule is CCCNC(=O)CN(C)c1ncnc2scc(-c3ccc(OC)cc3)c12. The van der Waals surface area contributed by atoms with Crippen LogP contribution in [0.15, 0.2) is 36.0 Å². The molecule has 3 aromatic rings. The van der Waals surface area contributed by atoms with Crippen LogP contribution in [0.5, 0.6) is 5.75 Å². The Morgan fingerprint density at radius 2 is 2.04 bits per heavy atom. The molecule has 0 aliphatic heterocycles. The molecule has 0 bridgehead atoms. The smallest absolute Gasteiger partial charge is 0.239 e. The van der Waals surface area contributed by atoms with E-state index < -0.39 is 0 Å². The van der Waals surface area contributed by atoms with Gasteiger partial charge in [-0.05, 0) is 24.1 Å². The van der Waals surface area contributed by atoms with Crippen molar-refractivity contribution in [2.75, 3.05) is 32.1 Å². The molecule has 0 aliphatic rings. The molecule has 0 fully saturated rings. The highest BCUT2D eigenvalue weighted by atomic mass is 32.1. The number of nitrogens with one attached hydrogen (secondary N) is 1. The molecule has 0 saturated carbocycles. The molecule has 0 saturated heterocycles. The number of hydrogen-bond acceptors (Lipinski definition) is 6. The van der Waals surface area contributed by atoms with E-state index in [0.717, 1.165) is 39.3 Å². The lowest BCUT2D eigenvalue weighted by molar-refractivity contribution is -0.119. The maximum Gasteiger partial charge on any atom is 0.239 e. The van der Waals surface area contributed by atoms with Crippen LogP contribution in [0.3, 0.4) is 0 Å². The minimum absolute atomic E-state index is 0.0117. The number of fused-ring (bicyclic) bond motifs is 1. The summed E-state index contributed by atoms with van der Waals surface area (Å²) in [4.78, 5) is 23.7. The zero-order valence-corrected chi connectivity index (χ0v) is 16.0. The maximum atomic E-state index is 12.1. The molecule has 0 unspecified atom stereocenters. The van der Waals surface area contributed by atoms with Gasteiger partial charge >= 0.3 is 0 Å². The molecular weight excluding hydrogens is 348 g/mol.